The second-order valence-electron chi connectivity index (χ2n) is 5.95. The van der Waals surface area contributed by atoms with Crippen LogP contribution < -0.4 is 0 Å². The maximum absolute atomic E-state index is 12.3. The second kappa shape index (κ2) is 5.97. The molecule has 2 rings (SSSR count). The fourth-order valence-corrected chi connectivity index (χ4v) is 3.14. The van der Waals surface area contributed by atoms with Gasteiger partial charge in [-0.25, -0.2) is 0 Å². The number of hydrogen-bond donors (Lipinski definition) is 1. The largest absolute Gasteiger partial charge is 0.401 e. The molecule has 1 N–H and O–H groups in total. The minimum absolute atomic E-state index is 0.440. The summed E-state index contributed by atoms with van der Waals surface area (Å²) in [7, 11) is 0. The first-order valence-electron chi connectivity index (χ1n) is 7.10. The van der Waals surface area contributed by atoms with Gasteiger partial charge in [-0.15, -0.1) is 0 Å². The third-order valence-electron chi connectivity index (χ3n) is 4.17. The number of β-amino-alcohol motifs (C(OH)–C–C–N with tert-alkyl or cyclic N) is 1. The third kappa shape index (κ3) is 4.93. The molecule has 1 aliphatic carbocycles. The molecule has 0 aromatic carbocycles. The Morgan fingerprint density at radius 3 is 1.95 bits per heavy atom. The van der Waals surface area contributed by atoms with E-state index in [1.807, 2.05) is 0 Å². The summed E-state index contributed by atoms with van der Waals surface area (Å²) in [6.45, 7) is 1.93. The molecule has 1 saturated heterocycles. The first-order chi connectivity index (χ1) is 8.86. The smallest absolute Gasteiger partial charge is 0.389 e. The Morgan fingerprint density at radius 1 is 0.895 bits per heavy atom. The van der Waals surface area contributed by atoms with Gasteiger partial charge >= 0.3 is 6.18 Å². The van der Waals surface area contributed by atoms with Crippen LogP contribution in [0.4, 0.5) is 13.2 Å². The zero-order valence-electron chi connectivity index (χ0n) is 11.3. The van der Waals surface area contributed by atoms with Gasteiger partial charge in [0.15, 0.2) is 0 Å². The predicted octanol–water partition coefficient (Wildman–Crippen LogP) is 1.86. The average Bonchev–Trinajstić information content (AvgIpc) is 2.30. The SMILES string of the molecule is OC1(CN2CCN(CC(F)(F)F)CC2)CCCCC1. The number of piperazine rings is 1. The molecule has 0 atom stereocenters. The molecule has 0 aromatic heterocycles. The van der Waals surface area contributed by atoms with E-state index in [1.165, 1.54) is 11.3 Å². The normalized spacial score (nSPS) is 26.5. The van der Waals surface area contributed by atoms with Crippen LogP contribution in [-0.2, 0) is 0 Å². The molecule has 0 unspecified atom stereocenters. The lowest BCUT2D eigenvalue weighted by molar-refractivity contribution is -0.150. The van der Waals surface area contributed by atoms with E-state index in [0.717, 1.165) is 25.7 Å². The third-order valence-corrected chi connectivity index (χ3v) is 4.17. The van der Waals surface area contributed by atoms with Gasteiger partial charge in [0.25, 0.3) is 0 Å². The highest BCUT2D eigenvalue weighted by atomic mass is 19.4. The van der Waals surface area contributed by atoms with Crippen molar-refractivity contribution in [2.75, 3.05) is 39.3 Å². The van der Waals surface area contributed by atoms with E-state index in [2.05, 4.69) is 4.90 Å². The van der Waals surface area contributed by atoms with Crippen molar-refractivity contribution in [3.05, 3.63) is 0 Å². The van der Waals surface area contributed by atoms with E-state index < -0.39 is 18.3 Å². The van der Waals surface area contributed by atoms with Crippen molar-refractivity contribution >= 4 is 0 Å². The van der Waals surface area contributed by atoms with Crippen molar-refractivity contribution in [1.29, 1.82) is 0 Å². The predicted molar refractivity (Wildman–Crippen MR) is 67.0 cm³/mol. The number of rotatable bonds is 3. The standard InChI is InChI=1S/C13H23F3N2O/c14-13(15,16)11-18-8-6-17(7-9-18)10-12(19)4-2-1-3-5-12/h19H,1-11H2. The molecule has 112 valence electrons. The summed E-state index contributed by atoms with van der Waals surface area (Å²) >= 11 is 0. The Labute approximate surface area is 112 Å². The van der Waals surface area contributed by atoms with Gasteiger partial charge < -0.3 is 5.11 Å². The Bertz CT molecular complexity index is 282. The molecule has 0 spiro atoms. The molecular weight excluding hydrogens is 257 g/mol. The molecule has 0 radical (unpaired) electrons. The maximum Gasteiger partial charge on any atom is 0.401 e. The van der Waals surface area contributed by atoms with Crippen LogP contribution in [0, 0.1) is 0 Å². The van der Waals surface area contributed by atoms with Crippen LogP contribution in [0.15, 0.2) is 0 Å². The molecule has 1 heterocycles. The highest BCUT2D eigenvalue weighted by Crippen LogP contribution is 2.29. The Balaban J connectivity index is 1.74. The summed E-state index contributed by atoms with van der Waals surface area (Å²) in [6.07, 6.45) is 0.853. The van der Waals surface area contributed by atoms with Crippen LogP contribution in [0.2, 0.25) is 0 Å². The van der Waals surface area contributed by atoms with Crippen LogP contribution in [0.25, 0.3) is 0 Å². The first-order valence-corrected chi connectivity index (χ1v) is 7.10. The number of halogens is 3. The monoisotopic (exact) mass is 280 g/mol. The van der Waals surface area contributed by atoms with Crippen LogP contribution in [0.3, 0.4) is 0 Å². The second-order valence-corrected chi connectivity index (χ2v) is 5.95. The first kappa shape index (κ1) is 15.1. The van der Waals surface area contributed by atoms with Gasteiger partial charge in [0.2, 0.25) is 0 Å². The Kier molecular flexibility index (Phi) is 4.74. The van der Waals surface area contributed by atoms with Crippen molar-refractivity contribution in [2.24, 2.45) is 0 Å². The fraction of sp³-hybridized carbons (Fsp3) is 1.00. The van der Waals surface area contributed by atoms with Crippen molar-refractivity contribution in [3.63, 3.8) is 0 Å². The highest BCUT2D eigenvalue weighted by molar-refractivity contribution is 4.87. The lowest BCUT2D eigenvalue weighted by atomic mass is 9.84. The van der Waals surface area contributed by atoms with Crippen LogP contribution in [0.1, 0.15) is 32.1 Å². The summed E-state index contributed by atoms with van der Waals surface area (Å²) in [5.41, 5.74) is -0.607. The zero-order valence-corrected chi connectivity index (χ0v) is 11.3. The summed E-state index contributed by atoms with van der Waals surface area (Å²) in [6, 6.07) is 0. The fourth-order valence-electron chi connectivity index (χ4n) is 3.14. The molecule has 1 aliphatic heterocycles. The molecule has 0 aromatic rings. The minimum atomic E-state index is -4.11. The molecule has 1 saturated carbocycles. The van der Waals surface area contributed by atoms with Gasteiger partial charge in [0.1, 0.15) is 0 Å². The van der Waals surface area contributed by atoms with E-state index in [0.29, 0.717) is 32.7 Å². The summed E-state index contributed by atoms with van der Waals surface area (Å²) in [4.78, 5) is 3.56. The van der Waals surface area contributed by atoms with E-state index in [-0.39, 0.29) is 0 Å². The van der Waals surface area contributed by atoms with E-state index in [4.69, 9.17) is 0 Å². The van der Waals surface area contributed by atoms with Crippen molar-refractivity contribution < 1.29 is 18.3 Å². The lowest BCUT2D eigenvalue weighted by Crippen LogP contribution is -2.53. The topological polar surface area (TPSA) is 26.7 Å². The van der Waals surface area contributed by atoms with E-state index >= 15 is 0 Å². The molecule has 6 heteroatoms. The molecule has 2 fully saturated rings. The van der Waals surface area contributed by atoms with Gasteiger partial charge in [-0.2, -0.15) is 13.2 Å². The summed E-state index contributed by atoms with van der Waals surface area (Å²) in [5, 5.41) is 10.4. The Hall–Kier alpha value is -0.330. The van der Waals surface area contributed by atoms with Gasteiger partial charge in [-0.1, -0.05) is 19.3 Å². The van der Waals surface area contributed by atoms with Gasteiger partial charge in [-0.3, -0.25) is 9.80 Å². The van der Waals surface area contributed by atoms with Crippen molar-refractivity contribution in [2.45, 2.75) is 43.9 Å². The van der Waals surface area contributed by atoms with Crippen molar-refractivity contribution in [1.82, 2.24) is 9.80 Å². The van der Waals surface area contributed by atoms with Crippen LogP contribution in [0.5, 0.6) is 0 Å². The zero-order chi connectivity index (χ0) is 13.9. The molecule has 19 heavy (non-hydrogen) atoms. The van der Waals surface area contributed by atoms with Crippen molar-refractivity contribution in [3.8, 4) is 0 Å². The van der Waals surface area contributed by atoms with Gasteiger partial charge in [0.05, 0.1) is 12.1 Å². The minimum Gasteiger partial charge on any atom is -0.389 e. The number of hydrogen-bond acceptors (Lipinski definition) is 3. The molecule has 0 bridgehead atoms. The van der Waals surface area contributed by atoms with E-state index in [9.17, 15) is 18.3 Å². The quantitative estimate of drug-likeness (QED) is 0.855. The molecule has 2 aliphatic rings. The molecular formula is C13H23F3N2O. The van der Waals surface area contributed by atoms with Gasteiger partial charge in [0, 0.05) is 32.7 Å². The van der Waals surface area contributed by atoms with E-state index in [1.54, 1.807) is 0 Å². The maximum atomic E-state index is 12.3. The Morgan fingerprint density at radius 2 is 1.42 bits per heavy atom. The van der Waals surface area contributed by atoms with Crippen LogP contribution >= 0.6 is 0 Å². The average molecular weight is 280 g/mol. The van der Waals surface area contributed by atoms with Crippen LogP contribution in [-0.4, -0.2) is 66.0 Å². The molecule has 3 nitrogen and oxygen atoms in total. The lowest BCUT2D eigenvalue weighted by Gasteiger charge is -2.41. The number of alkyl halides is 3. The number of nitrogens with zero attached hydrogens (tertiary/aromatic N) is 2. The molecule has 0 amide bonds. The van der Waals surface area contributed by atoms with Gasteiger partial charge in [-0.05, 0) is 12.8 Å². The highest BCUT2D eigenvalue weighted by Gasteiger charge is 2.35. The number of aliphatic hydroxyl groups is 1. The summed E-state index contributed by atoms with van der Waals surface area (Å²) < 4.78 is 36.8. The summed E-state index contributed by atoms with van der Waals surface area (Å²) in [5.74, 6) is 0.